The second-order valence-electron chi connectivity index (χ2n) is 7.29. The summed E-state index contributed by atoms with van der Waals surface area (Å²) in [5.41, 5.74) is 2.11. The molecule has 4 rings (SSSR count). The van der Waals surface area contributed by atoms with Gasteiger partial charge in [-0.2, -0.15) is 4.98 Å². The Labute approximate surface area is 170 Å². The number of carbonyl (C=O) groups is 1. The van der Waals surface area contributed by atoms with Crippen LogP contribution in [0.1, 0.15) is 48.1 Å². The predicted octanol–water partition coefficient (Wildman–Crippen LogP) is 4.08. The molecular weight excluding hydrogens is 366 g/mol. The van der Waals surface area contributed by atoms with Gasteiger partial charge in [-0.25, -0.2) is 0 Å². The Morgan fingerprint density at radius 3 is 2.48 bits per heavy atom. The molecule has 150 valence electrons. The van der Waals surface area contributed by atoms with E-state index in [0.717, 1.165) is 36.9 Å². The van der Waals surface area contributed by atoms with E-state index < -0.39 is 0 Å². The van der Waals surface area contributed by atoms with Crippen LogP contribution in [0, 0.1) is 0 Å². The molecule has 0 radical (unpaired) electrons. The van der Waals surface area contributed by atoms with Crippen molar-refractivity contribution >= 4 is 5.91 Å². The highest BCUT2D eigenvalue weighted by Crippen LogP contribution is 2.30. The van der Waals surface area contributed by atoms with Crippen LogP contribution in [0.5, 0.6) is 0 Å². The molecule has 0 saturated carbocycles. The van der Waals surface area contributed by atoms with Crippen molar-refractivity contribution in [1.82, 2.24) is 15.0 Å². The molecule has 0 bridgehead atoms. The second-order valence-corrected chi connectivity index (χ2v) is 7.29. The molecule has 1 saturated heterocycles. The molecule has 2 heterocycles. The van der Waals surface area contributed by atoms with Crippen molar-refractivity contribution in [1.29, 1.82) is 0 Å². The van der Waals surface area contributed by atoms with Gasteiger partial charge in [0, 0.05) is 6.54 Å². The molecule has 1 aromatic heterocycles. The molecule has 1 fully saturated rings. The van der Waals surface area contributed by atoms with E-state index >= 15 is 0 Å². The minimum Gasteiger partial charge on any atom is -0.367 e. The number of piperidine rings is 1. The van der Waals surface area contributed by atoms with E-state index in [1.807, 2.05) is 65.6 Å². The third-order valence-electron chi connectivity index (χ3n) is 5.14. The van der Waals surface area contributed by atoms with Gasteiger partial charge < -0.3 is 14.2 Å². The summed E-state index contributed by atoms with van der Waals surface area (Å²) in [4.78, 5) is 19.3. The number of carbonyl (C=O) groups excluding carboxylic acids is 1. The van der Waals surface area contributed by atoms with Crippen LogP contribution in [-0.4, -0.2) is 27.5 Å². The minimum absolute atomic E-state index is 0.104. The number of nitrogens with zero attached hydrogens (tertiary/aromatic N) is 3. The van der Waals surface area contributed by atoms with Crippen molar-refractivity contribution in [2.75, 3.05) is 6.54 Å². The standard InChI is InChI=1S/C23H25N3O3/c27-22(15-18-9-3-1-4-10-18)26-14-8-7-13-20(26)23-24-21(29-25-23)17-28-16-19-11-5-2-6-12-19/h1-6,9-12,20H,7-8,13-17H2. The van der Waals surface area contributed by atoms with Gasteiger partial charge >= 0.3 is 0 Å². The number of likely N-dealkylation sites (tertiary alicyclic amines) is 1. The largest absolute Gasteiger partial charge is 0.367 e. The third-order valence-corrected chi connectivity index (χ3v) is 5.14. The molecule has 1 atom stereocenters. The number of benzene rings is 2. The summed E-state index contributed by atoms with van der Waals surface area (Å²) in [6.07, 6.45) is 3.29. The maximum Gasteiger partial charge on any atom is 0.252 e. The maximum absolute atomic E-state index is 12.9. The fraction of sp³-hybridized carbons (Fsp3) is 0.348. The molecule has 1 amide bonds. The van der Waals surface area contributed by atoms with Crippen LogP contribution >= 0.6 is 0 Å². The summed E-state index contributed by atoms with van der Waals surface area (Å²) >= 11 is 0. The zero-order valence-electron chi connectivity index (χ0n) is 16.4. The first-order valence-corrected chi connectivity index (χ1v) is 10.1. The molecule has 6 heteroatoms. The van der Waals surface area contributed by atoms with Crippen molar-refractivity contribution in [3.8, 4) is 0 Å². The molecule has 6 nitrogen and oxygen atoms in total. The van der Waals surface area contributed by atoms with Crippen molar-refractivity contribution in [3.05, 3.63) is 83.5 Å². The summed E-state index contributed by atoms with van der Waals surface area (Å²) in [6, 6.07) is 19.7. The van der Waals surface area contributed by atoms with E-state index in [0.29, 0.717) is 24.7 Å². The molecular formula is C23H25N3O3. The van der Waals surface area contributed by atoms with E-state index in [9.17, 15) is 4.79 Å². The number of hydrogen-bond donors (Lipinski definition) is 0. The van der Waals surface area contributed by atoms with Gasteiger partial charge in [-0.05, 0) is 30.4 Å². The molecule has 3 aromatic rings. The highest BCUT2D eigenvalue weighted by molar-refractivity contribution is 5.79. The Kier molecular flexibility index (Phi) is 6.32. The van der Waals surface area contributed by atoms with Gasteiger partial charge in [-0.15, -0.1) is 0 Å². The lowest BCUT2D eigenvalue weighted by Crippen LogP contribution is -2.39. The molecule has 1 unspecified atom stereocenters. The van der Waals surface area contributed by atoms with Gasteiger partial charge in [0.1, 0.15) is 6.61 Å². The van der Waals surface area contributed by atoms with Crippen molar-refractivity contribution < 1.29 is 14.1 Å². The zero-order chi connectivity index (χ0) is 19.9. The highest BCUT2D eigenvalue weighted by atomic mass is 16.5. The Morgan fingerprint density at radius 2 is 1.72 bits per heavy atom. The SMILES string of the molecule is O=C(Cc1ccccc1)N1CCCCC1c1noc(COCc2ccccc2)n1. The highest BCUT2D eigenvalue weighted by Gasteiger charge is 2.31. The fourth-order valence-electron chi connectivity index (χ4n) is 3.66. The summed E-state index contributed by atoms with van der Waals surface area (Å²) in [7, 11) is 0. The van der Waals surface area contributed by atoms with Crippen molar-refractivity contribution in [3.63, 3.8) is 0 Å². The maximum atomic E-state index is 12.9. The van der Waals surface area contributed by atoms with E-state index in [1.54, 1.807) is 0 Å². The van der Waals surface area contributed by atoms with Crippen LogP contribution in [-0.2, 0) is 29.2 Å². The molecule has 0 aliphatic carbocycles. The van der Waals surface area contributed by atoms with Crippen LogP contribution in [0.4, 0.5) is 0 Å². The van der Waals surface area contributed by atoms with Crippen LogP contribution in [0.25, 0.3) is 0 Å². The van der Waals surface area contributed by atoms with Crippen LogP contribution in [0.15, 0.2) is 65.2 Å². The van der Waals surface area contributed by atoms with Gasteiger partial charge in [0.15, 0.2) is 5.82 Å². The van der Waals surface area contributed by atoms with Gasteiger partial charge in [0.25, 0.3) is 5.89 Å². The van der Waals surface area contributed by atoms with Crippen molar-refractivity contribution in [2.24, 2.45) is 0 Å². The number of amides is 1. The number of hydrogen-bond acceptors (Lipinski definition) is 5. The van der Waals surface area contributed by atoms with Crippen LogP contribution in [0.3, 0.4) is 0 Å². The summed E-state index contributed by atoms with van der Waals surface area (Å²) < 4.78 is 11.1. The Morgan fingerprint density at radius 1 is 1.00 bits per heavy atom. The van der Waals surface area contributed by atoms with Gasteiger partial charge in [0.2, 0.25) is 5.91 Å². The second kappa shape index (κ2) is 9.47. The predicted molar refractivity (Wildman–Crippen MR) is 108 cm³/mol. The number of rotatable bonds is 7. The lowest BCUT2D eigenvalue weighted by molar-refractivity contribution is -0.134. The lowest BCUT2D eigenvalue weighted by Gasteiger charge is -2.34. The normalized spacial score (nSPS) is 16.7. The average Bonchev–Trinajstić information content (AvgIpc) is 3.24. The summed E-state index contributed by atoms with van der Waals surface area (Å²) in [5.74, 6) is 1.12. The quantitative estimate of drug-likeness (QED) is 0.607. The smallest absolute Gasteiger partial charge is 0.252 e. The Balaban J connectivity index is 1.37. The van der Waals surface area contributed by atoms with Crippen molar-refractivity contribution in [2.45, 2.75) is 44.9 Å². The molecule has 29 heavy (non-hydrogen) atoms. The molecule has 1 aliphatic heterocycles. The van der Waals surface area contributed by atoms with E-state index in [1.165, 1.54) is 0 Å². The summed E-state index contributed by atoms with van der Waals surface area (Å²) in [5, 5.41) is 4.15. The van der Waals surface area contributed by atoms with Gasteiger partial charge in [0.05, 0.1) is 19.1 Å². The molecule has 0 N–H and O–H groups in total. The molecule has 1 aliphatic rings. The average molecular weight is 391 g/mol. The third kappa shape index (κ3) is 5.09. The van der Waals surface area contributed by atoms with E-state index in [-0.39, 0.29) is 18.6 Å². The van der Waals surface area contributed by atoms with Gasteiger partial charge in [-0.1, -0.05) is 65.8 Å². The zero-order valence-corrected chi connectivity index (χ0v) is 16.4. The fourth-order valence-corrected chi connectivity index (χ4v) is 3.66. The molecule has 0 spiro atoms. The first-order valence-electron chi connectivity index (χ1n) is 10.1. The lowest BCUT2D eigenvalue weighted by atomic mass is 10.00. The first kappa shape index (κ1) is 19.3. The Hall–Kier alpha value is -2.99. The number of ether oxygens (including phenoxy) is 1. The first-order chi connectivity index (χ1) is 14.3. The number of aromatic nitrogens is 2. The van der Waals surface area contributed by atoms with Gasteiger partial charge in [-0.3, -0.25) is 4.79 Å². The minimum atomic E-state index is -0.133. The van der Waals surface area contributed by atoms with E-state index in [2.05, 4.69) is 10.1 Å². The van der Waals surface area contributed by atoms with Crippen LogP contribution in [0.2, 0.25) is 0 Å². The molecule has 2 aromatic carbocycles. The van der Waals surface area contributed by atoms with Crippen LogP contribution < -0.4 is 0 Å². The topological polar surface area (TPSA) is 68.5 Å². The summed E-state index contributed by atoms with van der Waals surface area (Å²) in [6.45, 7) is 1.47. The monoisotopic (exact) mass is 391 g/mol. The Bertz CT molecular complexity index is 911. The van der Waals surface area contributed by atoms with E-state index in [4.69, 9.17) is 9.26 Å².